The first-order chi connectivity index (χ1) is 13.5. The minimum atomic E-state index is 0.0309. The Kier molecular flexibility index (Phi) is 5.07. The minimum absolute atomic E-state index is 0.0309. The van der Waals surface area contributed by atoms with Crippen molar-refractivity contribution < 1.29 is 14.3 Å². The van der Waals surface area contributed by atoms with E-state index < -0.39 is 0 Å². The molecule has 4 rings (SSSR count). The molecule has 0 N–H and O–H groups in total. The molecular formula is C21H26N4O3. The normalized spacial score (nSPS) is 21.1. The lowest BCUT2D eigenvalue weighted by atomic mass is 10.0. The summed E-state index contributed by atoms with van der Waals surface area (Å²) in [7, 11) is 1.61. The van der Waals surface area contributed by atoms with Crippen LogP contribution in [0.15, 0.2) is 36.5 Å². The molecule has 2 fully saturated rings. The largest absolute Gasteiger partial charge is 0.490 e. The van der Waals surface area contributed by atoms with Crippen molar-refractivity contribution in [3.8, 4) is 11.6 Å². The number of carbonyl (C=O) groups is 1. The number of para-hydroxylation sites is 1. The van der Waals surface area contributed by atoms with Crippen molar-refractivity contribution in [3.05, 3.63) is 42.1 Å². The molecule has 0 saturated carbocycles. The van der Waals surface area contributed by atoms with Gasteiger partial charge >= 0.3 is 0 Å². The average Bonchev–Trinajstić information content (AvgIpc) is 3.27. The van der Waals surface area contributed by atoms with Crippen LogP contribution in [0.4, 0.5) is 5.95 Å². The van der Waals surface area contributed by atoms with E-state index in [1.165, 1.54) is 0 Å². The van der Waals surface area contributed by atoms with Crippen LogP contribution in [0.2, 0.25) is 0 Å². The van der Waals surface area contributed by atoms with E-state index in [0.29, 0.717) is 35.0 Å². The molecule has 2 aliphatic rings. The highest BCUT2D eigenvalue weighted by molar-refractivity contribution is 5.97. The van der Waals surface area contributed by atoms with E-state index in [4.69, 9.17) is 9.47 Å². The average molecular weight is 382 g/mol. The van der Waals surface area contributed by atoms with Gasteiger partial charge in [0.15, 0.2) is 0 Å². The molecule has 28 heavy (non-hydrogen) atoms. The fourth-order valence-electron chi connectivity index (χ4n) is 4.09. The third-order valence-corrected chi connectivity index (χ3v) is 5.36. The summed E-state index contributed by atoms with van der Waals surface area (Å²) >= 11 is 0. The highest BCUT2D eigenvalue weighted by Gasteiger charge is 2.42. The van der Waals surface area contributed by atoms with Crippen LogP contribution < -0.4 is 14.4 Å². The van der Waals surface area contributed by atoms with Gasteiger partial charge in [0.1, 0.15) is 5.75 Å². The lowest BCUT2D eigenvalue weighted by molar-refractivity contribution is 0.0776. The number of hydrogen-bond donors (Lipinski definition) is 0. The molecule has 0 aliphatic carbocycles. The first-order valence-electron chi connectivity index (χ1n) is 9.72. The van der Waals surface area contributed by atoms with E-state index in [9.17, 15) is 4.79 Å². The summed E-state index contributed by atoms with van der Waals surface area (Å²) in [6.45, 7) is 7.14. The van der Waals surface area contributed by atoms with Crippen molar-refractivity contribution in [1.29, 1.82) is 0 Å². The Morgan fingerprint density at radius 1 is 1.11 bits per heavy atom. The first kappa shape index (κ1) is 18.5. The van der Waals surface area contributed by atoms with Gasteiger partial charge in [-0.15, -0.1) is 0 Å². The number of ether oxygens (including phenoxy) is 2. The zero-order valence-electron chi connectivity index (χ0n) is 16.5. The van der Waals surface area contributed by atoms with Crippen molar-refractivity contribution in [2.45, 2.75) is 20.0 Å². The number of aromatic nitrogens is 2. The number of nitrogens with zero attached hydrogens (tertiary/aromatic N) is 4. The predicted octanol–water partition coefficient (Wildman–Crippen LogP) is 2.48. The molecule has 1 amide bonds. The fraction of sp³-hybridized carbons (Fsp3) is 0.476. The van der Waals surface area contributed by atoms with E-state index in [1.54, 1.807) is 19.4 Å². The Morgan fingerprint density at radius 2 is 1.82 bits per heavy atom. The molecule has 0 unspecified atom stereocenters. The van der Waals surface area contributed by atoms with Crippen LogP contribution in [-0.2, 0) is 0 Å². The highest BCUT2D eigenvalue weighted by atomic mass is 16.5. The van der Waals surface area contributed by atoms with E-state index in [1.807, 2.05) is 43.0 Å². The topological polar surface area (TPSA) is 67.8 Å². The number of hydrogen-bond acceptors (Lipinski definition) is 6. The number of methoxy groups -OCH3 is 1. The van der Waals surface area contributed by atoms with Gasteiger partial charge in [-0.3, -0.25) is 4.79 Å². The third-order valence-electron chi connectivity index (χ3n) is 5.36. The smallest absolute Gasteiger partial charge is 0.257 e. The molecule has 1 aromatic carbocycles. The summed E-state index contributed by atoms with van der Waals surface area (Å²) in [5.41, 5.74) is 0.643. The maximum absolute atomic E-state index is 13.1. The molecule has 3 heterocycles. The van der Waals surface area contributed by atoms with Gasteiger partial charge in [-0.1, -0.05) is 12.1 Å². The molecule has 2 atom stereocenters. The van der Waals surface area contributed by atoms with Crippen molar-refractivity contribution in [1.82, 2.24) is 14.9 Å². The third kappa shape index (κ3) is 3.61. The SMILES string of the molecule is COc1ccnc(N2C[C@H]3CN(C(=O)c4ccccc4OC(C)C)C[C@H]3C2)n1. The molecule has 0 radical (unpaired) electrons. The van der Waals surface area contributed by atoms with Gasteiger partial charge in [-0.2, -0.15) is 4.98 Å². The summed E-state index contributed by atoms with van der Waals surface area (Å²) in [4.78, 5) is 26.1. The van der Waals surface area contributed by atoms with Crippen molar-refractivity contribution in [3.63, 3.8) is 0 Å². The van der Waals surface area contributed by atoms with Gasteiger partial charge < -0.3 is 19.3 Å². The maximum Gasteiger partial charge on any atom is 0.257 e. The molecule has 2 aliphatic heterocycles. The Balaban J connectivity index is 1.43. The second-order valence-corrected chi connectivity index (χ2v) is 7.70. The van der Waals surface area contributed by atoms with E-state index in [0.717, 1.165) is 26.2 Å². The summed E-state index contributed by atoms with van der Waals surface area (Å²) in [6, 6.07) is 9.26. The number of anilines is 1. The van der Waals surface area contributed by atoms with Gasteiger partial charge in [0.05, 0.1) is 18.8 Å². The predicted molar refractivity (Wildman–Crippen MR) is 106 cm³/mol. The molecule has 7 nitrogen and oxygen atoms in total. The minimum Gasteiger partial charge on any atom is -0.490 e. The molecule has 148 valence electrons. The van der Waals surface area contributed by atoms with Crippen molar-refractivity contribution in [2.75, 3.05) is 38.2 Å². The van der Waals surface area contributed by atoms with Gasteiger partial charge in [0.25, 0.3) is 5.91 Å². The van der Waals surface area contributed by atoms with Crippen molar-refractivity contribution >= 4 is 11.9 Å². The van der Waals surface area contributed by atoms with Crippen LogP contribution in [0.25, 0.3) is 0 Å². The Morgan fingerprint density at radius 3 is 2.50 bits per heavy atom. The number of likely N-dealkylation sites (tertiary alicyclic amines) is 1. The second kappa shape index (κ2) is 7.66. The molecule has 0 bridgehead atoms. The lowest BCUT2D eigenvalue weighted by Gasteiger charge is -2.23. The summed E-state index contributed by atoms with van der Waals surface area (Å²) < 4.78 is 11.0. The fourth-order valence-corrected chi connectivity index (χ4v) is 4.09. The number of rotatable bonds is 5. The van der Waals surface area contributed by atoms with Crippen LogP contribution in [0.3, 0.4) is 0 Å². The van der Waals surface area contributed by atoms with Crippen LogP contribution in [0, 0.1) is 11.8 Å². The quantitative estimate of drug-likeness (QED) is 0.791. The highest BCUT2D eigenvalue weighted by Crippen LogP contribution is 2.34. The summed E-state index contributed by atoms with van der Waals surface area (Å²) in [6.07, 6.45) is 1.75. The number of benzene rings is 1. The van der Waals surface area contributed by atoms with Gasteiger partial charge in [-0.25, -0.2) is 4.98 Å². The number of carbonyl (C=O) groups excluding carboxylic acids is 1. The van der Waals surface area contributed by atoms with Crippen LogP contribution in [0.5, 0.6) is 11.6 Å². The Bertz CT molecular complexity index is 843. The van der Waals surface area contributed by atoms with E-state index in [2.05, 4.69) is 14.9 Å². The molecule has 1 aromatic heterocycles. The van der Waals surface area contributed by atoms with E-state index in [-0.39, 0.29) is 12.0 Å². The Hall–Kier alpha value is -2.83. The van der Waals surface area contributed by atoms with Gasteiger partial charge in [0.2, 0.25) is 11.8 Å². The molecule has 2 aromatic rings. The number of amides is 1. The van der Waals surface area contributed by atoms with Crippen LogP contribution >= 0.6 is 0 Å². The van der Waals surface area contributed by atoms with E-state index >= 15 is 0 Å². The van der Waals surface area contributed by atoms with Crippen molar-refractivity contribution in [2.24, 2.45) is 11.8 Å². The number of fused-ring (bicyclic) bond motifs is 1. The lowest BCUT2D eigenvalue weighted by Crippen LogP contribution is -2.34. The van der Waals surface area contributed by atoms with Gasteiger partial charge in [-0.05, 0) is 26.0 Å². The standard InChI is InChI=1S/C21H26N4O3/c1-14(2)28-18-7-5-4-6-17(18)20(26)24-10-15-12-25(13-16(15)11-24)21-22-9-8-19(23-21)27-3/h4-9,14-16H,10-13H2,1-3H3/t15-,16+. The summed E-state index contributed by atoms with van der Waals surface area (Å²) in [5, 5.41) is 0. The molecule has 7 heteroatoms. The zero-order chi connectivity index (χ0) is 19.7. The second-order valence-electron chi connectivity index (χ2n) is 7.70. The molecule has 2 saturated heterocycles. The van der Waals surface area contributed by atoms with Gasteiger partial charge in [0, 0.05) is 50.3 Å². The molecule has 0 spiro atoms. The summed E-state index contributed by atoms with van der Waals surface area (Å²) in [5.74, 6) is 2.83. The Labute approximate surface area is 165 Å². The zero-order valence-corrected chi connectivity index (χ0v) is 16.5. The maximum atomic E-state index is 13.1. The van der Waals surface area contributed by atoms with Crippen LogP contribution in [-0.4, -0.2) is 60.2 Å². The molecular weight excluding hydrogens is 356 g/mol. The monoisotopic (exact) mass is 382 g/mol. The van der Waals surface area contributed by atoms with Crippen LogP contribution in [0.1, 0.15) is 24.2 Å². The first-order valence-corrected chi connectivity index (χ1v) is 9.72.